The fraction of sp³-hybridized carbons (Fsp3) is 0.417. The Morgan fingerprint density at radius 2 is 1.52 bits per heavy atom. The largest absolute Gasteiger partial charge is 0.0946 e. The van der Waals surface area contributed by atoms with E-state index in [2.05, 4.69) is 105 Å². The molecule has 0 amide bonds. The van der Waals surface area contributed by atoms with Gasteiger partial charge in [0, 0.05) is 5.41 Å². The van der Waals surface area contributed by atoms with Gasteiger partial charge in [0.1, 0.15) is 0 Å². The molecule has 0 aliphatic rings. The van der Waals surface area contributed by atoms with Crippen molar-refractivity contribution in [2.24, 2.45) is 11.3 Å². The topological polar surface area (TPSA) is 0 Å². The number of hydrogen-bond donors (Lipinski definition) is 0. The van der Waals surface area contributed by atoms with E-state index in [0.717, 1.165) is 12.8 Å². The second-order valence-corrected chi connectivity index (χ2v) is 8.47. The molecule has 2 atom stereocenters. The summed E-state index contributed by atoms with van der Waals surface area (Å²) in [6, 6.07) is 17.9. The molecule has 134 valence electrons. The van der Waals surface area contributed by atoms with Crippen LogP contribution in [-0.4, -0.2) is 4.43 Å². The zero-order valence-electron chi connectivity index (χ0n) is 16.1. The first kappa shape index (κ1) is 20.2. The number of allylic oxidation sites excluding steroid dienone is 1. The minimum absolute atomic E-state index is 0.107. The van der Waals surface area contributed by atoms with E-state index in [-0.39, 0.29) is 5.41 Å². The molecule has 0 saturated carbocycles. The number of aryl methyl sites for hydroxylation is 2. The maximum Gasteiger partial charge on any atom is 0.00166 e. The molecule has 2 rings (SSSR count). The highest BCUT2D eigenvalue weighted by Crippen LogP contribution is 2.47. The first-order valence-corrected chi connectivity index (χ1v) is 10.8. The molecule has 1 heteroatoms. The smallest absolute Gasteiger partial charge is 0.00166 e. The molecular formula is C24H31I. The predicted molar refractivity (Wildman–Crippen MR) is 120 cm³/mol. The minimum atomic E-state index is 0.107. The summed E-state index contributed by atoms with van der Waals surface area (Å²) in [7, 11) is 0. The molecule has 25 heavy (non-hydrogen) atoms. The standard InChI is InChI=1S/C24H31I/c1-6-24(20(4)15-16-25,17-22-11-7-18(2)8-12-22)21(5)23-13-9-19(3)10-14-23/h7-14,20H,5-6,15-17H2,1-4H3. The van der Waals surface area contributed by atoms with Crippen LogP contribution in [0, 0.1) is 25.2 Å². The monoisotopic (exact) mass is 446 g/mol. The normalized spacial score (nSPS) is 14.8. The lowest BCUT2D eigenvalue weighted by Crippen LogP contribution is -2.32. The number of benzene rings is 2. The van der Waals surface area contributed by atoms with Crippen LogP contribution in [0.25, 0.3) is 5.57 Å². The molecule has 0 aliphatic carbocycles. The van der Waals surface area contributed by atoms with Gasteiger partial charge in [-0.1, -0.05) is 103 Å². The van der Waals surface area contributed by atoms with E-state index in [9.17, 15) is 0 Å². The van der Waals surface area contributed by atoms with E-state index in [1.54, 1.807) is 0 Å². The predicted octanol–water partition coefficient (Wildman–Crippen LogP) is 7.42. The highest BCUT2D eigenvalue weighted by molar-refractivity contribution is 14.1. The summed E-state index contributed by atoms with van der Waals surface area (Å²) < 4.78 is 1.19. The Kier molecular flexibility index (Phi) is 7.30. The van der Waals surface area contributed by atoms with Crippen LogP contribution in [0.2, 0.25) is 0 Å². The molecule has 2 aromatic rings. The van der Waals surface area contributed by atoms with Crippen LogP contribution in [-0.2, 0) is 6.42 Å². The number of rotatable bonds is 8. The van der Waals surface area contributed by atoms with Crippen molar-refractivity contribution in [3.63, 3.8) is 0 Å². The van der Waals surface area contributed by atoms with Gasteiger partial charge in [-0.05, 0) is 60.2 Å². The van der Waals surface area contributed by atoms with Crippen LogP contribution >= 0.6 is 22.6 Å². The van der Waals surface area contributed by atoms with Crippen molar-refractivity contribution in [1.29, 1.82) is 0 Å². The van der Waals surface area contributed by atoms with Crippen LogP contribution in [0.4, 0.5) is 0 Å². The van der Waals surface area contributed by atoms with Crippen molar-refractivity contribution < 1.29 is 0 Å². The zero-order valence-corrected chi connectivity index (χ0v) is 18.3. The third kappa shape index (κ3) is 4.75. The van der Waals surface area contributed by atoms with E-state index in [1.165, 1.54) is 38.7 Å². The molecule has 0 N–H and O–H groups in total. The van der Waals surface area contributed by atoms with Crippen LogP contribution in [0.1, 0.15) is 48.9 Å². The Balaban J connectivity index is 2.44. The lowest BCUT2D eigenvalue weighted by Gasteiger charge is -2.41. The lowest BCUT2D eigenvalue weighted by atomic mass is 9.63. The van der Waals surface area contributed by atoms with Gasteiger partial charge in [0.15, 0.2) is 0 Å². The fourth-order valence-electron chi connectivity index (χ4n) is 3.82. The number of hydrogen-bond acceptors (Lipinski definition) is 0. The maximum absolute atomic E-state index is 4.61. The Labute approximate surface area is 167 Å². The number of alkyl halides is 1. The third-order valence-electron chi connectivity index (χ3n) is 5.76. The summed E-state index contributed by atoms with van der Waals surface area (Å²) >= 11 is 2.51. The molecule has 2 aromatic carbocycles. The SMILES string of the molecule is C=C(c1ccc(C)cc1)C(CC)(Cc1ccc(C)cc1)C(C)CCI. The summed E-state index contributed by atoms with van der Waals surface area (Å²) in [5.41, 5.74) is 6.74. The van der Waals surface area contributed by atoms with E-state index in [1.807, 2.05) is 0 Å². The van der Waals surface area contributed by atoms with Crippen LogP contribution in [0.15, 0.2) is 55.1 Å². The average Bonchev–Trinajstić information content (AvgIpc) is 2.61. The molecule has 0 radical (unpaired) electrons. The Hall–Kier alpha value is -1.09. The molecule has 0 fully saturated rings. The van der Waals surface area contributed by atoms with E-state index >= 15 is 0 Å². The molecule has 0 aliphatic heterocycles. The molecule has 2 unspecified atom stereocenters. The fourth-order valence-corrected chi connectivity index (χ4v) is 4.75. The lowest BCUT2D eigenvalue weighted by molar-refractivity contribution is 0.244. The van der Waals surface area contributed by atoms with E-state index < -0.39 is 0 Å². The van der Waals surface area contributed by atoms with Gasteiger partial charge in [0.2, 0.25) is 0 Å². The van der Waals surface area contributed by atoms with Gasteiger partial charge in [0.05, 0.1) is 0 Å². The van der Waals surface area contributed by atoms with Gasteiger partial charge >= 0.3 is 0 Å². The molecular weight excluding hydrogens is 415 g/mol. The molecule has 0 nitrogen and oxygen atoms in total. The van der Waals surface area contributed by atoms with Gasteiger partial charge in [0.25, 0.3) is 0 Å². The van der Waals surface area contributed by atoms with Crippen molar-refractivity contribution in [3.05, 3.63) is 77.4 Å². The second-order valence-electron chi connectivity index (χ2n) is 7.40. The Morgan fingerprint density at radius 3 is 2.00 bits per heavy atom. The van der Waals surface area contributed by atoms with Crippen molar-refractivity contribution in [1.82, 2.24) is 0 Å². The van der Waals surface area contributed by atoms with Crippen molar-refractivity contribution in [3.8, 4) is 0 Å². The average molecular weight is 446 g/mol. The number of halogens is 1. The van der Waals surface area contributed by atoms with Crippen LogP contribution in [0.3, 0.4) is 0 Å². The van der Waals surface area contributed by atoms with Crippen molar-refractivity contribution in [2.45, 2.75) is 47.0 Å². The summed E-state index contributed by atoms with van der Waals surface area (Å²) in [6.07, 6.45) is 3.41. The zero-order chi connectivity index (χ0) is 18.4. The van der Waals surface area contributed by atoms with Gasteiger partial charge in [-0.15, -0.1) is 0 Å². The third-order valence-corrected chi connectivity index (χ3v) is 6.38. The van der Waals surface area contributed by atoms with E-state index in [4.69, 9.17) is 0 Å². The first-order chi connectivity index (χ1) is 11.9. The summed E-state index contributed by atoms with van der Waals surface area (Å²) in [5, 5.41) is 0. The van der Waals surface area contributed by atoms with Crippen LogP contribution in [0.5, 0.6) is 0 Å². The molecule has 0 bridgehead atoms. The molecule has 0 aromatic heterocycles. The van der Waals surface area contributed by atoms with Gasteiger partial charge in [-0.25, -0.2) is 0 Å². The highest BCUT2D eigenvalue weighted by Gasteiger charge is 2.37. The molecule has 0 heterocycles. The summed E-state index contributed by atoms with van der Waals surface area (Å²) in [6.45, 7) is 13.7. The Bertz CT molecular complexity index is 681. The second kappa shape index (κ2) is 9.02. The maximum atomic E-state index is 4.61. The van der Waals surface area contributed by atoms with Crippen LogP contribution < -0.4 is 0 Å². The highest BCUT2D eigenvalue weighted by atomic mass is 127. The van der Waals surface area contributed by atoms with Crippen molar-refractivity contribution >= 4 is 28.2 Å². The minimum Gasteiger partial charge on any atom is -0.0946 e. The molecule has 0 saturated heterocycles. The quantitative estimate of drug-likeness (QED) is 0.292. The first-order valence-electron chi connectivity index (χ1n) is 9.31. The summed E-state index contributed by atoms with van der Waals surface area (Å²) in [4.78, 5) is 0. The van der Waals surface area contributed by atoms with Crippen molar-refractivity contribution in [2.75, 3.05) is 4.43 Å². The van der Waals surface area contributed by atoms with Gasteiger partial charge < -0.3 is 0 Å². The molecule has 0 spiro atoms. The Morgan fingerprint density at radius 1 is 1.00 bits per heavy atom. The van der Waals surface area contributed by atoms with Gasteiger partial charge in [-0.2, -0.15) is 0 Å². The van der Waals surface area contributed by atoms with Gasteiger partial charge in [-0.3, -0.25) is 0 Å². The van der Waals surface area contributed by atoms with E-state index in [0.29, 0.717) is 5.92 Å². The summed E-state index contributed by atoms with van der Waals surface area (Å²) in [5.74, 6) is 0.601.